The largest absolute Gasteiger partial charge is 0.493 e. The lowest BCUT2D eigenvalue weighted by atomic mass is 10.2. The number of hydrogen-bond donors (Lipinski definition) is 1. The molecule has 0 saturated heterocycles. The highest BCUT2D eigenvalue weighted by molar-refractivity contribution is 7.89. The Morgan fingerprint density at radius 1 is 1.04 bits per heavy atom. The van der Waals surface area contributed by atoms with Crippen LogP contribution in [0.25, 0.3) is 0 Å². The molecule has 2 aromatic carbocycles. The van der Waals surface area contributed by atoms with Gasteiger partial charge in [-0.15, -0.1) is 0 Å². The van der Waals surface area contributed by atoms with Crippen LogP contribution in [0.3, 0.4) is 0 Å². The maximum Gasteiger partial charge on any atom is 0.151 e. The zero-order chi connectivity index (χ0) is 16.7. The number of sulfone groups is 1. The van der Waals surface area contributed by atoms with Gasteiger partial charge in [-0.05, 0) is 36.6 Å². The van der Waals surface area contributed by atoms with E-state index in [9.17, 15) is 8.42 Å². The third-order valence-electron chi connectivity index (χ3n) is 3.42. The van der Waals surface area contributed by atoms with Gasteiger partial charge in [-0.1, -0.05) is 36.4 Å². The summed E-state index contributed by atoms with van der Waals surface area (Å²) in [7, 11) is -3.04. The van der Waals surface area contributed by atoms with Crippen LogP contribution in [-0.4, -0.2) is 27.8 Å². The highest BCUT2D eigenvalue weighted by Crippen LogP contribution is 2.18. The average molecular weight is 333 g/mol. The van der Waals surface area contributed by atoms with Crippen LogP contribution in [0.5, 0.6) is 5.75 Å². The van der Waals surface area contributed by atoms with E-state index < -0.39 is 9.84 Å². The van der Waals surface area contributed by atoms with Gasteiger partial charge in [0.05, 0.1) is 12.4 Å². The fourth-order valence-corrected chi connectivity index (χ4v) is 3.11. The Labute approximate surface area is 138 Å². The predicted molar refractivity (Wildman–Crippen MR) is 94.8 cm³/mol. The molecule has 0 aliphatic heterocycles. The molecule has 0 saturated carbocycles. The minimum atomic E-state index is -3.04. The summed E-state index contributed by atoms with van der Waals surface area (Å²) in [6.45, 7) is 3.37. The monoisotopic (exact) mass is 333 g/mol. The second kappa shape index (κ2) is 8.02. The number of benzene rings is 2. The first-order chi connectivity index (χ1) is 11.0. The molecule has 2 aromatic rings. The molecular formula is C18H23NO3S. The third kappa shape index (κ3) is 5.94. The number of anilines is 1. The summed E-state index contributed by atoms with van der Waals surface area (Å²) >= 11 is 0. The standard InChI is InChI=1S/C18H23NO3S/c1-15-8-3-6-11-18(15)22-13-7-12-19-17-10-5-4-9-16(17)14-23(2,20)21/h3-6,8-11,19H,7,12-14H2,1-2H3. The number of ether oxygens (including phenoxy) is 1. The first kappa shape index (κ1) is 17.3. The topological polar surface area (TPSA) is 55.4 Å². The van der Waals surface area contributed by atoms with Crippen molar-refractivity contribution < 1.29 is 13.2 Å². The van der Waals surface area contributed by atoms with E-state index in [1.54, 1.807) is 0 Å². The van der Waals surface area contributed by atoms with Crippen molar-refractivity contribution in [3.05, 3.63) is 59.7 Å². The Hall–Kier alpha value is -2.01. The highest BCUT2D eigenvalue weighted by Gasteiger charge is 2.08. The SMILES string of the molecule is Cc1ccccc1OCCCNc1ccccc1CS(C)(=O)=O. The van der Waals surface area contributed by atoms with Crippen molar-refractivity contribution in [3.63, 3.8) is 0 Å². The number of hydrogen-bond acceptors (Lipinski definition) is 4. The van der Waals surface area contributed by atoms with Crippen LogP contribution in [0, 0.1) is 6.92 Å². The van der Waals surface area contributed by atoms with Gasteiger partial charge in [-0.3, -0.25) is 0 Å². The summed E-state index contributed by atoms with van der Waals surface area (Å²) in [5.74, 6) is 0.959. The minimum Gasteiger partial charge on any atom is -0.493 e. The molecule has 0 aliphatic rings. The van der Waals surface area contributed by atoms with Gasteiger partial charge in [0.1, 0.15) is 5.75 Å². The van der Waals surface area contributed by atoms with E-state index in [-0.39, 0.29) is 5.75 Å². The van der Waals surface area contributed by atoms with E-state index in [4.69, 9.17) is 4.74 Å². The van der Waals surface area contributed by atoms with Crippen molar-refractivity contribution in [3.8, 4) is 5.75 Å². The normalized spacial score (nSPS) is 11.2. The van der Waals surface area contributed by atoms with E-state index >= 15 is 0 Å². The molecule has 0 radical (unpaired) electrons. The van der Waals surface area contributed by atoms with E-state index in [1.165, 1.54) is 6.26 Å². The average Bonchev–Trinajstić information content (AvgIpc) is 2.49. The quantitative estimate of drug-likeness (QED) is 0.752. The predicted octanol–water partition coefficient (Wildman–Crippen LogP) is 3.42. The molecule has 0 spiro atoms. The first-order valence-electron chi connectivity index (χ1n) is 7.63. The number of nitrogens with one attached hydrogen (secondary N) is 1. The summed E-state index contributed by atoms with van der Waals surface area (Å²) in [5.41, 5.74) is 2.79. The number of rotatable bonds is 8. The maximum absolute atomic E-state index is 11.5. The first-order valence-corrected chi connectivity index (χ1v) is 9.70. The lowest BCUT2D eigenvalue weighted by Crippen LogP contribution is -2.10. The number of aryl methyl sites for hydroxylation is 1. The second-order valence-electron chi connectivity index (χ2n) is 5.62. The fourth-order valence-electron chi connectivity index (χ4n) is 2.30. The van der Waals surface area contributed by atoms with Crippen molar-refractivity contribution in [2.45, 2.75) is 19.1 Å². The molecule has 0 bridgehead atoms. The van der Waals surface area contributed by atoms with Crippen LogP contribution in [0.4, 0.5) is 5.69 Å². The maximum atomic E-state index is 11.5. The van der Waals surface area contributed by atoms with Gasteiger partial charge >= 0.3 is 0 Å². The van der Waals surface area contributed by atoms with Gasteiger partial charge < -0.3 is 10.1 Å². The van der Waals surface area contributed by atoms with E-state index in [0.717, 1.165) is 35.5 Å². The summed E-state index contributed by atoms with van der Waals surface area (Å²) in [5, 5.41) is 3.29. The summed E-state index contributed by atoms with van der Waals surface area (Å²) < 4.78 is 28.7. The molecule has 0 amide bonds. The fraction of sp³-hybridized carbons (Fsp3) is 0.333. The molecule has 0 unspecified atom stereocenters. The Morgan fingerprint density at radius 2 is 1.74 bits per heavy atom. The van der Waals surface area contributed by atoms with E-state index in [0.29, 0.717) is 6.61 Å². The minimum absolute atomic E-state index is 0.0515. The lowest BCUT2D eigenvalue weighted by Gasteiger charge is -2.12. The van der Waals surface area contributed by atoms with Gasteiger partial charge in [0.2, 0.25) is 0 Å². The van der Waals surface area contributed by atoms with Crippen LogP contribution >= 0.6 is 0 Å². The van der Waals surface area contributed by atoms with Crippen LogP contribution in [-0.2, 0) is 15.6 Å². The zero-order valence-electron chi connectivity index (χ0n) is 13.6. The molecule has 0 fully saturated rings. The molecule has 124 valence electrons. The van der Waals surface area contributed by atoms with Crippen LogP contribution < -0.4 is 10.1 Å². The van der Waals surface area contributed by atoms with Gasteiger partial charge in [0.25, 0.3) is 0 Å². The summed E-state index contributed by atoms with van der Waals surface area (Å²) in [6.07, 6.45) is 2.08. The lowest BCUT2D eigenvalue weighted by molar-refractivity contribution is 0.313. The third-order valence-corrected chi connectivity index (χ3v) is 4.26. The molecule has 5 heteroatoms. The molecule has 23 heavy (non-hydrogen) atoms. The van der Waals surface area contributed by atoms with Crippen molar-refractivity contribution >= 4 is 15.5 Å². The van der Waals surface area contributed by atoms with Crippen molar-refractivity contribution in [1.29, 1.82) is 0 Å². The second-order valence-corrected chi connectivity index (χ2v) is 7.76. The Balaban J connectivity index is 1.82. The molecule has 0 aromatic heterocycles. The van der Waals surface area contributed by atoms with Gasteiger partial charge in [0.15, 0.2) is 9.84 Å². The van der Waals surface area contributed by atoms with Gasteiger partial charge in [-0.25, -0.2) is 8.42 Å². The molecule has 0 atom stereocenters. The molecular weight excluding hydrogens is 310 g/mol. The van der Waals surface area contributed by atoms with Crippen LogP contribution in [0.15, 0.2) is 48.5 Å². The molecule has 0 heterocycles. The van der Waals surface area contributed by atoms with Crippen LogP contribution in [0.1, 0.15) is 17.5 Å². The molecule has 0 aliphatic carbocycles. The summed E-state index contributed by atoms with van der Waals surface area (Å²) in [6, 6.07) is 15.4. The number of para-hydroxylation sites is 2. The molecule has 2 rings (SSSR count). The highest BCUT2D eigenvalue weighted by atomic mass is 32.2. The van der Waals surface area contributed by atoms with Crippen molar-refractivity contribution in [2.75, 3.05) is 24.7 Å². The van der Waals surface area contributed by atoms with Gasteiger partial charge in [-0.2, -0.15) is 0 Å². The molecule has 4 nitrogen and oxygen atoms in total. The Bertz CT molecular complexity index is 741. The zero-order valence-corrected chi connectivity index (χ0v) is 14.4. The Kier molecular flexibility index (Phi) is 6.04. The van der Waals surface area contributed by atoms with Gasteiger partial charge in [0, 0.05) is 18.5 Å². The summed E-state index contributed by atoms with van der Waals surface area (Å²) in [4.78, 5) is 0. The van der Waals surface area contributed by atoms with Crippen LogP contribution in [0.2, 0.25) is 0 Å². The van der Waals surface area contributed by atoms with Crippen molar-refractivity contribution in [1.82, 2.24) is 0 Å². The van der Waals surface area contributed by atoms with E-state index in [2.05, 4.69) is 5.32 Å². The van der Waals surface area contributed by atoms with Crippen molar-refractivity contribution in [2.24, 2.45) is 0 Å². The Morgan fingerprint density at radius 3 is 2.48 bits per heavy atom. The van der Waals surface area contributed by atoms with E-state index in [1.807, 2.05) is 55.5 Å². The smallest absolute Gasteiger partial charge is 0.151 e. The molecule has 1 N–H and O–H groups in total.